The number of imidazole rings is 1. The Balaban J connectivity index is 1.55. The summed E-state index contributed by atoms with van der Waals surface area (Å²) in [7, 11) is 0. The lowest BCUT2D eigenvalue weighted by Gasteiger charge is -2.40. The van der Waals surface area contributed by atoms with Crippen LogP contribution < -0.4 is 0 Å². The number of alkyl halides is 1. The summed E-state index contributed by atoms with van der Waals surface area (Å²) in [5.74, 6) is 0.0815. The van der Waals surface area contributed by atoms with E-state index in [2.05, 4.69) is 40.6 Å². The van der Waals surface area contributed by atoms with Gasteiger partial charge in [0.1, 0.15) is 17.6 Å². The van der Waals surface area contributed by atoms with Gasteiger partial charge in [-0.3, -0.25) is 0 Å². The maximum Gasteiger partial charge on any atom is 0.185 e. The molecule has 4 rings (SSSR count). The predicted octanol–water partition coefficient (Wildman–Crippen LogP) is 5.00. The van der Waals surface area contributed by atoms with Crippen molar-refractivity contribution in [1.29, 1.82) is 0 Å². The third-order valence-corrected chi connectivity index (χ3v) is 6.39. The van der Waals surface area contributed by atoms with E-state index in [0.717, 1.165) is 24.9 Å². The average molecular weight is 407 g/mol. The van der Waals surface area contributed by atoms with E-state index < -0.39 is 6.17 Å². The van der Waals surface area contributed by atoms with E-state index in [1.807, 2.05) is 6.07 Å². The van der Waals surface area contributed by atoms with Gasteiger partial charge in [0.25, 0.3) is 0 Å². The molecule has 0 saturated heterocycles. The zero-order valence-electron chi connectivity index (χ0n) is 17.3. The minimum absolute atomic E-state index is 0.0457. The summed E-state index contributed by atoms with van der Waals surface area (Å²) in [5, 5.41) is 18.9. The number of phenolic OH excluding ortho intramolecular Hbond substituents is 1. The van der Waals surface area contributed by atoms with Gasteiger partial charge in [-0.1, -0.05) is 26.8 Å². The van der Waals surface area contributed by atoms with Crippen molar-refractivity contribution in [1.82, 2.24) is 24.7 Å². The van der Waals surface area contributed by atoms with Gasteiger partial charge in [-0.2, -0.15) is 0 Å². The van der Waals surface area contributed by atoms with Gasteiger partial charge >= 0.3 is 0 Å². The second-order valence-electron chi connectivity index (χ2n) is 8.39. The number of phenols is 1. The van der Waals surface area contributed by atoms with E-state index in [1.54, 1.807) is 41.6 Å². The van der Waals surface area contributed by atoms with Crippen molar-refractivity contribution in [3.8, 4) is 22.8 Å². The van der Waals surface area contributed by atoms with E-state index in [1.165, 1.54) is 0 Å². The van der Waals surface area contributed by atoms with Gasteiger partial charge in [-0.15, -0.1) is 10.2 Å². The quantitative estimate of drug-likeness (QED) is 0.644. The molecule has 0 spiro atoms. The molecule has 1 saturated carbocycles. The van der Waals surface area contributed by atoms with Crippen molar-refractivity contribution in [3.63, 3.8) is 0 Å². The van der Waals surface area contributed by atoms with Crippen molar-refractivity contribution in [2.24, 2.45) is 11.3 Å². The number of rotatable bonds is 5. The molecule has 1 aliphatic carbocycles. The SMILES string of the molecule is C=C(c1cnc(-c2ccc(-n3ccnc3)cc2O)nn1)[C@H]1C[C@@](C)(CC)CC[C@H]1F. The van der Waals surface area contributed by atoms with Gasteiger partial charge in [0.15, 0.2) is 5.82 Å². The Labute approximate surface area is 175 Å². The minimum atomic E-state index is -0.918. The molecule has 3 atom stereocenters. The minimum Gasteiger partial charge on any atom is -0.507 e. The number of nitrogens with zero attached hydrogens (tertiary/aromatic N) is 5. The fourth-order valence-electron chi connectivity index (χ4n) is 4.13. The summed E-state index contributed by atoms with van der Waals surface area (Å²) < 4.78 is 16.4. The zero-order chi connectivity index (χ0) is 21.3. The largest absolute Gasteiger partial charge is 0.507 e. The van der Waals surface area contributed by atoms with Crippen LogP contribution in [0.15, 0.2) is 49.7 Å². The third-order valence-electron chi connectivity index (χ3n) is 6.39. The number of aromatic hydroxyl groups is 1. The molecule has 1 fully saturated rings. The molecule has 1 aliphatic rings. The first kappa shape index (κ1) is 20.2. The fourth-order valence-corrected chi connectivity index (χ4v) is 4.13. The normalized spacial score (nSPS) is 24.0. The molecule has 156 valence electrons. The van der Waals surface area contributed by atoms with Crippen LogP contribution in [-0.2, 0) is 0 Å². The van der Waals surface area contributed by atoms with Crippen molar-refractivity contribution >= 4 is 5.57 Å². The lowest BCUT2D eigenvalue weighted by molar-refractivity contribution is 0.0982. The van der Waals surface area contributed by atoms with Gasteiger partial charge in [0, 0.05) is 24.4 Å². The van der Waals surface area contributed by atoms with Crippen molar-refractivity contribution < 1.29 is 9.50 Å². The number of hydrogen-bond donors (Lipinski definition) is 1. The highest BCUT2D eigenvalue weighted by Crippen LogP contribution is 2.46. The van der Waals surface area contributed by atoms with E-state index in [0.29, 0.717) is 29.1 Å². The van der Waals surface area contributed by atoms with Gasteiger partial charge in [0.05, 0.1) is 23.8 Å². The summed E-state index contributed by atoms with van der Waals surface area (Å²) >= 11 is 0. The molecule has 0 radical (unpaired) electrons. The average Bonchev–Trinajstić information content (AvgIpc) is 3.30. The summed E-state index contributed by atoms with van der Waals surface area (Å²) in [6.07, 6.45) is 8.97. The molecule has 2 heterocycles. The third kappa shape index (κ3) is 3.84. The Hall–Kier alpha value is -3.09. The Morgan fingerprint density at radius 3 is 2.83 bits per heavy atom. The highest BCUT2D eigenvalue weighted by Gasteiger charge is 2.38. The molecule has 30 heavy (non-hydrogen) atoms. The van der Waals surface area contributed by atoms with Crippen LogP contribution in [0.4, 0.5) is 4.39 Å². The van der Waals surface area contributed by atoms with Crippen LogP contribution in [0.5, 0.6) is 5.75 Å². The monoisotopic (exact) mass is 407 g/mol. The van der Waals surface area contributed by atoms with E-state index in [4.69, 9.17) is 0 Å². The maximum absolute atomic E-state index is 14.6. The first-order chi connectivity index (χ1) is 14.4. The van der Waals surface area contributed by atoms with Gasteiger partial charge < -0.3 is 9.67 Å². The summed E-state index contributed by atoms with van der Waals surface area (Å²) in [6, 6.07) is 5.20. The molecular weight excluding hydrogens is 381 g/mol. The molecule has 6 nitrogen and oxygen atoms in total. The molecule has 0 amide bonds. The second kappa shape index (κ2) is 7.97. The highest BCUT2D eigenvalue weighted by molar-refractivity contribution is 5.67. The molecule has 0 unspecified atom stereocenters. The predicted molar refractivity (Wildman–Crippen MR) is 114 cm³/mol. The lowest BCUT2D eigenvalue weighted by atomic mass is 9.66. The summed E-state index contributed by atoms with van der Waals surface area (Å²) in [4.78, 5) is 8.37. The van der Waals surface area contributed by atoms with Crippen LogP contribution in [0.3, 0.4) is 0 Å². The van der Waals surface area contributed by atoms with Crippen molar-refractivity contribution in [2.75, 3.05) is 0 Å². The summed E-state index contributed by atoms with van der Waals surface area (Å²) in [6.45, 7) is 8.48. The van der Waals surface area contributed by atoms with Crippen LogP contribution >= 0.6 is 0 Å². The van der Waals surface area contributed by atoms with Gasteiger partial charge in [-0.25, -0.2) is 14.4 Å². The first-order valence-electron chi connectivity index (χ1n) is 10.2. The summed E-state index contributed by atoms with van der Waals surface area (Å²) in [5.41, 5.74) is 2.52. The van der Waals surface area contributed by atoms with Crippen LogP contribution in [0.2, 0.25) is 0 Å². The molecule has 7 heteroatoms. The smallest absolute Gasteiger partial charge is 0.185 e. The van der Waals surface area contributed by atoms with Crippen molar-refractivity contribution in [2.45, 2.75) is 45.7 Å². The van der Waals surface area contributed by atoms with Gasteiger partial charge in [-0.05, 0) is 42.4 Å². The maximum atomic E-state index is 14.6. The Morgan fingerprint density at radius 1 is 1.37 bits per heavy atom. The molecule has 1 aromatic carbocycles. The molecule has 1 N–H and O–H groups in total. The van der Waals surface area contributed by atoms with Crippen molar-refractivity contribution in [3.05, 3.63) is 55.4 Å². The topological polar surface area (TPSA) is 76.7 Å². The molecule has 0 aliphatic heterocycles. The van der Waals surface area contributed by atoms with Gasteiger partial charge in [0.2, 0.25) is 0 Å². The van der Waals surface area contributed by atoms with Crippen LogP contribution in [0.1, 0.15) is 45.2 Å². The number of hydrogen-bond acceptors (Lipinski definition) is 5. The zero-order valence-corrected chi connectivity index (χ0v) is 17.3. The fraction of sp³-hybridized carbons (Fsp3) is 0.391. The van der Waals surface area contributed by atoms with Crippen LogP contribution in [-0.4, -0.2) is 36.0 Å². The lowest BCUT2D eigenvalue weighted by Crippen LogP contribution is -2.33. The number of allylic oxidation sites excluding steroid dienone is 1. The van der Waals surface area contributed by atoms with E-state index in [-0.39, 0.29) is 17.1 Å². The number of benzene rings is 1. The van der Waals surface area contributed by atoms with E-state index in [9.17, 15) is 9.50 Å². The standard InChI is InChI=1S/C23H26FN5O/c1-4-23(3)8-7-19(24)18(12-23)15(2)20-13-26-22(28-27-20)17-6-5-16(11-21(17)30)29-10-9-25-14-29/h5-6,9-11,13-14,18-19,30H,2,4,7-8,12H2,1,3H3/t18-,19-,23+/m1/s1. The number of halogens is 1. The molecule has 2 aromatic heterocycles. The Kier molecular flexibility index (Phi) is 5.37. The number of aromatic nitrogens is 5. The highest BCUT2D eigenvalue weighted by atomic mass is 19.1. The molecule has 0 bridgehead atoms. The molecule has 3 aromatic rings. The Morgan fingerprint density at radius 2 is 2.20 bits per heavy atom. The Bertz CT molecular complexity index is 1030. The first-order valence-corrected chi connectivity index (χ1v) is 10.2. The van der Waals surface area contributed by atoms with Crippen LogP contribution in [0.25, 0.3) is 22.6 Å². The van der Waals surface area contributed by atoms with E-state index >= 15 is 0 Å². The molecular formula is C23H26FN5O. The second-order valence-corrected chi connectivity index (χ2v) is 8.39. The van der Waals surface area contributed by atoms with Crippen LogP contribution in [0, 0.1) is 11.3 Å².